The van der Waals surface area contributed by atoms with Crippen molar-refractivity contribution in [3.8, 4) is 0 Å². The van der Waals surface area contributed by atoms with E-state index in [1.54, 1.807) is 11.4 Å². The van der Waals surface area contributed by atoms with Crippen LogP contribution in [0.5, 0.6) is 0 Å². The maximum atomic E-state index is 12.4. The molecule has 6 heteroatoms. The van der Waals surface area contributed by atoms with E-state index in [4.69, 9.17) is 0 Å². The summed E-state index contributed by atoms with van der Waals surface area (Å²) in [7, 11) is 0. The molecule has 0 saturated heterocycles. The van der Waals surface area contributed by atoms with E-state index in [1.165, 1.54) is 11.3 Å². The van der Waals surface area contributed by atoms with Crippen LogP contribution in [0.1, 0.15) is 15.2 Å². The van der Waals surface area contributed by atoms with Gasteiger partial charge in [-0.1, -0.05) is 18.2 Å². The fourth-order valence-corrected chi connectivity index (χ4v) is 3.51. The predicted molar refractivity (Wildman–Crippen MR) is 86.2 cm³/mol. The van der Waals surface area contributed by atoms with Crippen molar-refractivity contribution in [2.45, 2.75) is 12.5 Å². The minimum absolute atomic E-state index is 0.184. The fourth-order valence-electron chi connectivity index (χ4n) is 2.76. The zero-order valence-corrected chi connectivity index (χ0v) is 12.4. The maximum Gasteiger partial charge on any atom is 0.264 e. The largest absolute Gasteiger partial charge is 0.361 e. The van der Waals surface area contributed by atoms with E-state index < -0.39 is 6.04 Å². The van der Waals surface area contributed by atoms with Crippen LogP contribution in [-0.4, -0.2) is 22.8 Å². The van der Waals surface area contributed by atoms with Crippen molar-refractivity contribution in [2.75, 3.05) is 5.32 Å². The Morgan fingerprint density at radius 3 is 2.91 bits per heavy atom. The number of hydrogen-bond acceptors (Lipinski definition) is 3. The third-order valence-corrected chi connectivity index (χ3v) is 4.76. The molecule has 0 spiro atoms. The van der Waals surface area contributed by atoms with Gasteiger partial charge in [0.1, 0.15) is 10.9 Å². The highest BCUT2D eigenvalue weighted by Crippen LogP contribution is 2.26. The molecule has 0 aliphatic carbocycles. The lowest BCUT2D eigenvalue weighted by Gasteiger charge is -2.14. The van der Waals surface area contributed by atoms with Gasteiger partial charge in [-0.3, -0.25) is 9.59 Å². The molecule has 3 heterocycles. The van der Waals surface area contributed by atoms with Crippen molar-refractivity contribution in [3.63, 3.8) is 0 Å². The Labute approximate surface area is 130 Å². The van der Waals surface area contributed by atoms with E-state index in [9.17, 15) is 9.59 Å². The van der Waals surface area contributed by atoms with Crippen molar-refractivity contribution in [1.82, 2.24) is 10.3 Å². The number of nitrogens with one attached hydrogen (secondary N) is 3. The molecule has 22 heavy (non-hydrogen) atoms. The van der Waals surface area contributed by atoms with E-state index in [0.717, 1.165) is 16.5 Å². The number of amides is 2. The first-order valence-electron chi connectivity index (χ1n) is 6.96. The first-order chi connectivity index (χ1) is 10.7. The molecule has 2 amide bonds. The highest BCUT2D eigenvalue weighted by molar-refractivity contribution is 7.12. The zero-order chi connectivity index (χ0) is 15.1. The highest BCUT2D eigenvalue weighted by atomic mass is 32.1. The maximum absolute atomic E-state index is 12.4. The molecule has 3 N–H and O–H groups in total. The number of H-pyrrole nitrogens is 1. The molecule has 110 valence electrons. The van der Waals surface area contributed by atoms with Gasteiger partial charge in [0.15, 0.2) is 0 Å². The molecular weight excluding hydrogens is 298 g/mol. The van der Waals surface area contributed by atoms with Crippen LogP contribution in [0, 0.1) is 0 Å². The average Bonchev–Trinajstić information content (AvgIpc) is 3.11. The van der Waals surface area contributed by atoms with Crippen LogP contribution < -0.4 is 10.6 Å². The third kappa shape index (κ3) is 2.08. The van der Waals surface area contributed by atoms with Gasteiger partial charge < -0.3 is 15.6 Å². The molecule has 1 aromatic carbocycles. The summed E-state index contributed by atoms with van der Waals surface area (Å²) in [6, 6.07) is 9.09. The van der Waals surface area contributed by atoms with Gasteiger partial charge in [0.25, 0.3) is 5.91 Å². The standard InChI is InChI=1S/C16H13N3O2S/c20-15-13(19-16(21)14-12(18-15)5-6-22-14)7-9-8-17-11-4-2-1-3-10(9)11/h1-6,8,13,17H,7H2,(H,18,20)(H,19,21)/t13-/m0/s1. The fraction of sp³-hybridized carbons (Fsp3) is 0.125. The van der Waals surface area contributed by atoms with E-state index in [1.807, 2.05) is 30.5 Å². The summed E-state index contributed by atoms with van der Waals surface area (Å²) in [4.78, 5) is 28.3. The van der Waals surface area contributed by atoms with Crippen molar-refractivity contribution in [2.24, 2.45) is 0 Å². The molecule has 2 aromatic heterocycles. The average molecular weight is 311 g/mol. The summed E-state index contributed by atoms with van der Waals surface area (Å²) in [5.41, 5.74) is 2.63. The minimum Gasteiger partial charge on any atom is -0.361 e. The number of para-hydroxylation sites is 1. The zero-order valence-electron chi connectivity index (χ0n) is 11.6. The monoisotopic (exact) mass is 311 g/mol. The summed E-state index contributed by atoms with van der Waals surface area (Å²) in [5.74, 6) is -0.385. The second kappa shape index (κ2) is 4.99. The quantitative estimate of drug-likeness (QED) is 0.680. The van der Waals surface area contributed by atoms with Gasteiger partial charge in [0, 0.05) is 23.5 Å². The molecule has 1 aliphatic heterocycles. The molecule has 4 rings (SSSR count). The smallest absolute Gasteiger partial charge is 0.264 e. The van der Waals surface area contributed by atoms with Crippen molar-refractivity contribution in [3.05, 3.63) is 52.3 Å². The second-order valence-electron chi connectivity index (χ2n) is 5.24. The van der Waals surface area contributed by atoms with Gasteiger partial charge in [-0.05, 0) is 23.1 Å². The Morgan fingerprint density at radius 2 is 2.00 bits per heavy atom. The Bertz CT molecular complexity index is 880. The number of benzene rings is 1. The number of anilines is 1. The van der Waals surface area contributed by atoms with Gasteiger partial charge >= 0.3 is 0 Å². The van der Waals surface area contributed by atoms with E-state index in [0.29, 0.717) is 17.0 Å². The number of carbonyl (C=O) groups is 2. The number of aromatic nitrogens is 1. The minimum atomic E-state index is -0.577. The molecule has 5 nitrogen and oxygen atoms in total. The summed E-state index contributed by atoms with van der Waals surface area (Å²) >= 11 is 1.33. The van der Waals surface area contributed by atoms with Crippen LogP contribution in [0.2, 0.25) is 0 Å². The van der Waals surface area contributed by atoms with E-state index >= 15 is 0 Å². The van der Waals surface area contributed by atoms with Crippen LogP contribution in [0.25, 0.3) is 10.9 Å². The number of carbonyl (C=O) groups excluding carboxylic acids is 2. The molecular formula is C16H13N3O2S. The topological polar surface area (TPSA) is 74.0 Å². The van der Waals surface area contributed by atoms with Gasteiger partial charge in [-0.15, -0.1) is 11.3 Å². The van der Waals surface area contributed by atoms with Crippen LogP contribution >= 0.6 is 11.3 Å². The van der Waals surface area contributed by atoms with Crippen molar-refractivity contribution in [1.29, 1.82) is 0 Å². The first-order valence-corrected chi connectivity index (χ1v) is 7.84. The van der Waals surface area contributed by atoms with E-state index in [2.05, 4.69) is 15.6 Å². The van der Waals surface area contributed by atoms with Crippen molar-refractivity contribution < 1.29 is 9.59 Å². The molecule has 0 unspecified atom stereocenters. The Hall–Kier alpha value is -2.60. The molecule has 0 bridgehead atoms. The lowest BCUT2D eigenvalue weighted by molar-refractivity contribution is -0.117. The Balaban J connectivity index is 1.64. The lowest BCUT2D eigenvalue weighted by atomic mass is 10.0. The lowest BCUT2D eigenvalue weighted by Crippen LogP contribution is -2.42. The molecule has 0 fully saturated rings. The molecule has 0 saturated carbocycles. The third-order valence-electron chi connectivity index (χ3n) is 3.85. The first kappa shape index (κ1) is 13.1. The molecule has 1 atom stereocenters. The molecule has 1 aliphatic rings. The van der Waals surface area contributed by atoms with E-state index in [-0.39, 0.29) is 11.8 Å². The summed E-state index contributed by atoms with van der Waals surface area (Å²) < 4.78 is 0. The van der Waals surface area contributed by atoms with Gasteiger partial charge in [0.2, 0.25) is 5.91 Å². The number of hydrogen-bond donors (Lipinski definition) is 3. The highest BCUT2D eigenvalue weighted by Gasteiger charge is 2.29. The van der Waals surface area contributed by atoms with Gasteiger partial charge in [-0.2, -0.15) is 0 Å². The Kier molecular flexibility index (Phi) is 2.97. The van der Waals surface area contributed by atoms with Crippen LogP contribution in [0.15, 0.2) is 41.9 Å². The molecule has 0 radical (unpaired) electrons. The predicted octanol–water partition coefficient (Wildman–Crippen LogP) is 2.52. The Morgan fingerprint density at radius 1 is 1.14 bits per heavy atom. The van der Waals surface area contributed by atoms with Crippen LogP contribution in [-0.2, 0) is 11.2 Å². The number of rotatable bonds is 2. The summed E-state index contributed by atoms with van der Waals surface area (Å²) in [6.45, 7) is 0. The SMILES string of the molecule is O=C1N[C@@H](Cc2c[nH]c3ccccc23)C(=O)Nc2ccsc21. The van der Waals surface area contributed by atoms with Gasteiger partial charge in [0.05, 0.1) is 5.69 Å². The summed E-state index contributed by atoms with van der Waals surface area (Å²) in [6.07, 6.45) is 2.35. The second-order valence-corrected chi connectivity index (χ2v) is 6.16. The molecule has 3 aromatic rings. The van der Waals surface area contributed by atoms with Gasteiger partial charge in [-0.25, -0.2) is 0 Å². The summed E-state index contributed by atoms with van der Waals surface area (Å²) in [5, 5.41) is 8.51. The van der Waals surface area contributed by atoms with Crippen molar-refractivity contribution >= 4 is 39.7 Å². The normalized spacial score (nSPS) is 17.7. The number of thiophene rings is 1. The van der Waals surface area contributed by atoms with Crippen LogP contribution in [0.4, 0.5) is 5.69 Å². The number of aromatic amines is 1. The van der Waals surface area contributed by atoms with Crippen LogP contribution in [0.3, 0.4) is 0 Å². The number of fused-ring (bicyclic) bond motifs is 2.